The number of carboxylic acid groups (broad SMARTS) is 1. The lowest BCUT2D eigenvalue weighted by Gasteiger charge is -2.08. The summed E-state index contributed by atoms with van der Waals surface area (Å²) in [5, 5.41) is 13.6. The first-order valence-electron chi connectivity index (χ1n) is 5.41. The van der Waals surface area contributed by atoms with Crippen molar-refractivity contribution in [2.75, 3.05) is 0 Å². The number of amides is 1. The van der Waals surface area contributed by atoms with Crippen LogP contribution in [0.1, 0.15) is 16.1 Å². The second-order valence-electron chi connectivity index (χ2n) is 4.16. The van der Waals surface area contributed by atoms with Crippen LogP contribution in [0.3, 0.4) is 0 Å². The van der Waals surface area contributed by atoms with Crippen LogP contribution in [0.15, 0.2) is 10.9 Å². The Morgan fingerprint density at radius 2 is 2.11 bits per heavy atom. The standard InChI is InChI=1S/C11H12N4O4/c1-5-9-6(11(18)19)3-8(17)15(4-7(12)16)10(9)14(2)13-5/h3H,4H2,1-2H3,(H2,12,16)(H,18,19). The lowest BCUT2D eigenvalue weighted by Crippen LogP contribution is -2.29. The zero-order chi connectivity index (χ0) is 14.3. The van der Waals surface area contributed by atoms with E-state index in [0.717, 1.165) is 10.6 Å². The van der Waals surface area contributed by atoms with Gasteiger partial charge < -0.3 is 10.8 Å². The second kappa shape index (κ2) is 4.23. The molecule has 0 fully saturated rings. The summed E-state index contributed by atoms with van der Waals surface area (Å²) in [6.45, 7) is 1.31. The Labute approximate surface area is 107 Å². The van der Waals surface area contributed by atoms with E-state index in [1.807, 2.05) is 0 Å². The molecule has 0 aromatic carbocycles. The topological polar surface area (TPSA) is 120 Å². The van der Waals surface area contributed by atoms with Crippen molar-refractivity contribution in [3.05, 3.63) is 27.7 Å². The Hall–Kier alpha value is -2.64. The van der Waals surface area contributed by atoms with Crippen LogP contribution in [-0.2, 0) is 18.4 Å². The van der Waals surface area contributed by atoms with Crippen LogP contribution in [0.25, 0.3) is 11.0 Å². The van der Waals surface area contributed by atoms with Crippen LogP contribution in [0.2, 0.25) is 0 Å². The first-order chi connectivity index (χ1) is 8.82. The first kappa shape index (κ1) is 12.8. The predicted octanol–water partition coefficient (Wildman–Crippen LogP) is -0.773. The molecule has 1 amide bonds. The summed E-state index contributed by atoms with van der Waals surface area (Å²) in [4.78, 5) is 34.1. The van der Waals surface area contributed by atoms with Crippen LogP contribution < -0.4 is 11.3 Å². The molecule has 0 radical (unpaired) electrons. The van der Waals surface area contributed by atoms with Gasteiger partial charge in [0.1, 0.15) is 12.2 Å². The van der Waals surface area contributed by atoms with E-state index in [2.05, 4.69) is 5.10 Å². The van der Waals surface area contributed by atoms with E-state index in [4.69, 9.17) is 10.8 Å². The molecular weight excluding hydrogens is 252 g/mol. The Bertz CT molecular complexity index is 756. The van der Waals surface area contributed by atoms with Gasteiger partial charge in [-0.2, -0.15) is 5.10 Å². The molecule has 0 aliphatic rings. The second-order valence-corrected chi connectivity index (χ2v) is 4.16. The quantitative estimate of drug-likeness (QED) is 0.753. The molecule has 8 heteroatoms. The van der Waals surface area contributed by atoms with Gasteiger partial charge in [-0.15, -0.1) is 0 Å². The number of pyridine rings is 1. The van der Waals surface area contributed by atoms with Gasteiger partial charge in [0.15, 0.2) is 0 Å². The Morgan fingerprint density at radius 3 is 2.63 bits per heavy atom. The molecule has 2 aromatic heterocycles. The molecule has 2 heterocycles. The van der Waals surface area contributed by atoms with Gasteiger partial charge in [0.25, 0.3) is 5.56 Å². The molecule has 0 saturated heterocycles. The van der Waals surface area contributed by atoms with Crippen molar-refractivity contribution in [2.24, 2.45) is 12.8 Å². The van der Waals surface area contributed by atoms with E-state index in [-0.39, 0.29) is 17.8 Å². The lowest BCUT2D eigenvalue weighted by atomic mass is 10.1. The zero-order valence-corrected chi connectivity index (χ0v) is 10.4. The third kappa shape index (κ3) is 1.96. The van der Waals surface area contributed by atoms with Crippen molar-refractivity contribution < 1.29 is 14.7 Å². The van der Waals surface area contributed by atoms with E-state index in [1.54, 1.807) is 14.0 Å². The van der Waals surface area contributed by atoms with Crippen LogP contribution in [-0.4, -0.2) is 31.3 Å². The maximum atomic E-state index is 11.9. The van der Waals surface area contributed by atoms with Crippen LogP contribution in [0, 0.1) is 6.92 Å². The number of aromatic nitrogens is 3. The van der Waals surface area contributed by atoms with E-state index in [0.29, 0.717) is 11.1 Å². The number of aryl methyl sites for hydroxylation is 2. The van der Waals surface area contributed by atoms with Gasteiger partial charge in [-0.25, -0.2) is 4.79 Å². The lowest BCUT2D eigenvalue weighted by molar-refractivity contribution is -0.118. The number of fused-ring (bicyclic) bond motifs is 1. The van der Waals surface area contributed by atoms with Crippen molar-refractivity contribution in [1.82, 2.24) is 14.3 Å². The SMILES string of the molecule is Cc1nn(C)c2c1c(C(=O)O)cc(=O)n2CC(N)=O. The summed E-state index contributed by atoms with van der Waals surface area (Å²) < 4.78 is 2.48. The highest BCUT2D eigenvalue weighted by molar-refractivity contribution is 6.03. The third-order valence-corrected chi connectivity index (χ3v) is 2.80. The number of nitrogens with zero attached hydrogens (tertiary/aromatic N) is 3. The minimum Gasteiger partial charge on any atom is -0.478 e. The number of carbonyl (C=O) groups excluding carboxylic acids is 1. The molecule has 8 nitrogen and oxygen atoms in total. The third-order valence-electron chi connectivity index (χ3n) is 2.80. The van der Waals surface area contributed by atoms with Gasteiger partial charge in [-0.05, 0) is 6.92 Å². The van der Waals surface area contributed by atoms with Gasteiger partial charge >= 0.3 is 5.97 Å². The number of aromatic carboxylic acids is 1. The molecule has 0 saturated carbocycles. The van der Waals surface area contributed by atoms with Gasteiger partial charge in [-0.1, -0.05) is 0 Å². The van der Waals surface area contributed by atoms with Crippen molar-refractivity contribution in [1.29, 1.82) is 0 Å². The van der Waals surface area contributed by atoms with Crippen molar-refractivity contribution in [3.63, 3.8) is 0 Å². The fourth-order valence-corrected chi connectivity index (χ4v) is 2.13. The van der Waals surface area contributed by atoms with Crippen LogP contribution >= 0.6 is 0 Å². The zero-order valence-electron chi connectivity index (χ0n) is 10.4. The van der Waals surface area contributed by atoms with E-state index in [9.17, 15) is 14.4 Å². The molecule has 0 spiro atoms. The first-order valence-corrected chi connectivity index (χ1v) is 5.41. The Kier molecular flexibility index (Phi) is 2.85. The average molecular weight is 264 g/mol. The maximum Gasteiger partial charge on any atom is 0.336 e. The number of nitrogens with two attached hydrogens (primary N) is 1. The monoisotopic (exact) mass is 264 g/mol. The van der Waals surface area contributed by atoms with Crippen molar-refractivity contribution >= 4 is 22.9 Å². The summed E-state index contributed by atoms with van der Waals surface area (Å²) in [6.07, 6.45) is 0. The molecule has 2 aromatic rings. The highest BCUT2D eigenvalue weighted by Gasteiger charge is 2.20. The maximum absolute atomic E-state index is 11.9. The summed E-state index contributed by atoms with van der Waals surface area (Å²) in [5.41, 5.74) is 5.09. The molecule has 0 unspecified atom stereocenters. The Balaban J connectivity index is 2.96. The van der Waals surface area contributed by atoms with E-state index in [1.165, 1.54) is 4.68 Å². The molecule has 100 valence electrons. The summed E-state index contributed by atoms with van der Waals surface area (Å²) in [7, 11) is 1.57. The molecule has 2 rings (SSSR count). The minimum atomic E-state index is -1.22. The number of hydrogen-bond donors (Lipinski definition) is 2. The number of rotatable bonds is 3. The van der Waals surface area contributed by atoms with E-state index < -0.39 is 17.4 Å². The molecule has 0 aliphatic carbocycles. The minimum absolute atomic E-state index is 0.133. The number of primary amides is 1. The van der Waals surface area contributed by atoms with Gasteiger partial charge in [-0.3, -0.25) is 18.8 Å². The number of hydrogen-bond acceptors (Lipinski definition) is 4. The molecule has 0 atom stereocenters. The fraction of sp³-hybridized carbons (Fsp3) is 0.273. The smallest absolute Gasteiger partial charge is 0.336 e. The molecular formula is C11H12N4O4. The number of carbonyl (C=O) groups is 2. The van der Waals surface area contributed by atoms with Crippen molar-refractivity contribution in [3.8, 4) is 0 Å². The fourth-order valence-electron chi connectivity index (χ4n) is 2.13. The highest BCUT2D eigenvalue weighted by atomic mass is 16.4. The summed E-state index contributed by atoms with van der Waals surface area (Å²) in [6, 6.07) is 0.974. The van der Waals surface area contributed by atoms with Gasteiger partial charge in [0.2, 0.25) is 5.91 Å². The summed E-state index contributed by atoms with van der Waals surface area (Å²) in [5.74, 6) is -1.91. The van der Waals surface area contributed by atoms with Gasteiger partial charge in [0.05, 0.1) is 16.6 Å². The highest BCUT2D eigenvalue weighted by Crippen LogP contribution is 2.20. The van der Waals surface area contributed by atoms with Crippen molar-refractivity contribution in [2.45, 2.75) is 13.5 Å². The molecule has 19 heavy (non-hydrogen) atoms. The Morgan fingerprint density at radius 1 is 1.47 bits per heavy atom. The average Bonchev–Trinajstić information content (AvgIpc) is 2.57. The van der Waals surface area contributed by atoms with Gasteiger partial charge in [0, 0.05) is 13.1 Å². The largest absolute Gasteiger partial charge is 0.478 e. The molecule has 0 aliphatic heterocycles. The van der Waals surface area contributed by atoms with Crippen LogP contribution in [0.5, 0.6) is 0 Å². The number of carboxylic acids is 1. The van der Waals surface area contributed by atoms with E-state index >= 15 is 0 Å². The molecule has 0 bridgehead atoms. The van der Waals surface area contributed by atoms with Crippen LogP contribution in [0.4, 0.5) is 0 Å². The predicted molar refractivity (Wildman–Crippen MR) is 65.9 cm³/mol. The summed E-state index contributed by atoms with van der Waals surface area (Å²) >= 11 is 0. The molecule has 3 N–H and O–H groups in total. The normalized spacial score (nSPS) is 10.8.